The van der Waals surface area contributed by atoms with Gasteiger partial charge >= 0.3 is 24.4 Å². The molecular formula is C25H37NO11. The lowest BCUT2D eigenvalue weighted by Crippen LogP contribution is -2.42. The van der Waals surface area contributed by atoms with Crippen molar-refractivity contribution >= 4 is 24.4 Å². The molecule has 12 nitrogen and oxygen atoms in total. The lowest BCUT2D eigenvalue weighted by molar-refractivity contribution is -0.139. The lowest BCUT2D eigenvalue weighted by Gasteiger charge is -2.31. The summed E-state index contributed by atoms with van der Waals surface area (Å²) in [7, 11) is 0. The molecular weight excluding hydrogens is 490 g/mol. The van der Waals surface area contributed by atoms with E-state index in [1.807, 2.05) is 0 Å². The summed E-state index contributed by atoms with van der Waals surface area (Å²) in [6.45, 7) is 10.4. The molecule has 1 aromatic rings. The predicted octanol–water partition coefficient (Wildman–Crippen LogP) is 4.62. The maximum absolute atomic E-state index is 12.1. The predicted molar refractivity (Wildman–Crippen MR) is 131 cm³/mol. The summed E-state index contributed by atoms with van der Waals surface area (Å²) < 4.78 is 30.6. The Hall–Kier alpha value is -3.54. The Morgan fingerprint density at radius 2 is 1.38 bits per heavy atom. The summed E-state index contributed by atoms with van der Waals surface area (Å²) in [6, 6.07) is 2.68. The molecule has 0 amide bonds. The second-order valence-corrected chi connectivity index (χ2v) is 8.60. The van der Waals surface area contributed by atoms with Crippen molar-refractivity contribution in [3.63, 3.8) is 0 Å². The van der Waals surface area contributed by atoms with Gasteiger partial charge in [0, 0.05) is 11.8 Å². The number of hydrogen-bond acceptors (Lipinski definition) is 11. The van der Waals surface area contributed by atoms with E-state index in [0.29, 0.717) is 18.4 Å². The Bertz CT molecular complexity index is 918. The van der Waals surface area contributed by atoms with Crippen LogP contribution in [0, 0.1) is 5.92 Å². The molecule has 0 aromatic heterocycles. The smallest absolute Gasteiger partial charge is 0.480 e. The third kappa shape index (κ3) is 10.5. The summed E-state index contributed by atoms with van der Waals surface area (Å²) in [5.74, 6) is -3.23. The van der Waals surface area contributed by atoms with Crippen molar-refractivity contribution in [3.05, 3.63) is 23.8 Å². The van der Waals surface area contributed by atoms with E-state index in [9.17, 15) is 24.3 Å². The lowest BCUT2D eigenvalue weighted by atomic mass is 9.79. The molecule has 0 aliphatic rings. The fraction of sp³-hybridized carbons (Fsp3) is 0.600. The van der Waals surface area contributed by atoms with Crippen LogP contribution in [0.1, 0.15) is 65.9 Å². The monoisotopic (exact) mass is 527 g/mol. The van der Waals surface area contributed by atoms with Crippen LogP contribution in [0.2, 0.25) is 0 Å². The average molecular weight is 528 g/mol. The SMILES string of the molecule is CCCOC(=O)Oc1ccc(C(C(C)C(C)OC(=O)OC(C)C)[C@H](N)C(=O)O)cc1OC(=O)OCCC. The van der Waals surface area contributed by atoms with Gasteiger partial charge in [-0.2, -0.15) is 0 Å². The highest BCUT2D eigenvalue weighted by Gasteiger charge is 2.36. The maximum Gasteiger partial charge on any atom is 0.513 e. The third-order valence-electron chi connectivity index (χ3n) is 5.18. The number of carboxylic acids is 1. The summed E-state index contributed by atoms with van der Waals surface area (Å²) >= 11 is 0. The van der Waals surface area contributed by atoms with Crippen molar-refractivity contribution in [2.75, 3.05) is 13.2 Å². The van der Waals surface area contributed by atoms with Gasteiger partial charge in [-0.25, -0.2) is 14.4 Å². The first-order chi connectivity index (χ1) is 17.4. The molecule has 12 heteroatoms. The minimum absolute atomic E-state index is 0.0954. The highest BCUT2D eigenvalue weighted by molar-refractivity contribution is 5.75. The number of benzene rings is 1. The summed E-state index contributed by atoms with van der Waals surface area (Å²) in [5.41, 5.74) is 6.35. The second kappa shape index (κ2) is 15.5. The highest BCUT2D eigenvalue weighted by Crippen LogP contribution is 2.37. The first kappa shape index (κ1) is 31.5. The molecule has 0 aliphatic heterocycles. The standard InChI is InChI=1S/C25H37NO11/c1-7-11-32-23(29)36-18-10-9-17(13-19(18)37-24(30)33-12-8-2)20(21(26)22(27)28)15(5)16(6)35-25(31)34-14(3)4/h9-10,13-16,20-21H,7-8,11-12,26H2,1-6H3,(H,27,28)/t15?,16?,20?,21-/m0/s1. The molecule has 1 rings (SSSR count). The molecule has 208 valence electrons. The van der Waals surface area contributed by atoms with Crippen LogP contribution in [0.15, 0.2) is 18.2 Å². The molecule has 0 spiro atoms. The van der Waals surface area contributed by atoms with Crippen LogP contribution in [0.5, 0.6) is 11.5 Å². The Morgan fingerprint density at radius 1 is 0.838 bits per heavy atom. The molecule has 0 fully saturated rings. The average Bonchev–Trinajstić information content (AvgIpc) is 2.82. The van der Waals surface area contributed by atoms with E-state index in [0.717, 1.165) is 0 Å². The van der Waals surface area contributed by atoms with Gasteiger partial charge in [-0.15, -0.1) is 0 Å². The molecule has 1 aromatic carbocycles. The molecule has 3 N–H and O–H groups in total. The van der Waals surface area contributed by atoms with Crippen LogP contribution < -0.4 is 15.2 Å². The van der Waals surface area contributed by atoms with Crippen molar-refractivity contribution in [2.45, 2.75) is 78.6 Å². The number of nitrogens with two attached hydrogens (primary N) is 1. The van der Waals surface area contributed by atoms with Gasteiger partial charge in [0.2, 0.25) is 0 Å². The number of ether oxygens (including phenoxy) is 6. The number of carboxylic acid groups (broad SMARTS) is 1. The zero-order valence-corrected chi connectivity index (χ0v) is 22.1. The summed E-state index contributed by atoms with van der Waals surface area (Å²) in [6.07, 6.45) is -3.07. The van der Waals surface area contributed by atoms with Crippen molar-refractivity contribution < 1.29 is 52.7 Å². The van der Waals surface area contributed by atoms with E-state index in [1.165, 1.54) is 18.2 Å². The maximum atomic E-state index is 12.1. The Kier molecular flexibility index (Phi) is 13.2. The number of carbonyl (C=O) groups is 4. The number of aliphatic carboxylic acids is 1. The molecule has 0 aliphatic carbocycles. The zero-order chi connectivity index (χ0) is 28.1. The van der Waals surface area contributed by atoms with E-state index in [-0.39, 0.29) is 24.7 Å². The first-order valence-corrected chi connectivity index (χ1v) is 12.1. The van der Waals surface area contributed by atoms with E-state index in [4.69, 9.17) is 34.2 Å². The molecule has 0 saturated heterocycles. The molecule has 0 bridgehead atoms. The van der Waals surface area contributed by atoms with Gasteiger partial charge in [0.25, 0.3) is 0 Å². The van der Waals surface area contributed by atoms with E-state index in [2.05, 4.69) is 0 Å². The Labute approximate surface area is 216 Å². The minimum atomic E-state index is -1.43. The van der Waals surface area contributed by atoms with Gasteiger partial charge in [0.1, 0.15) is 12.1 Å². The Morgan fingerprint density at radius 3 is 1.86 bits per heavy atom. The van der Waals surface area contributed by atoms with Crippen LogP contribution >= 0.6 is 0 Å². The summed E-state index contributed by atoms with van der Waals surface area (Å²) in [4.78, 5) is 48.0. The molecule has 0 radical (unpaired) electrons. The third-order valence-corrected chi connectivity index (χ3v) is 5.18. The molecule has 4 atom stereocenters. The van der Waals surface area contributed by atoms with Gasteiger partial charge in [-0.1, -0.05) is 26.8 Å². The second-order valence-electron chi connectivity index (χ2n) is 8.60. The molecule has 37 heavy (non-hydrogen) atoms. The number of carbonyl (C=O) groups excluding carboxylic acids is 3. The van der Waals surface area contributed by atoms with Crippen LogP contribution in [-0.2, 0) is 23.7 Å². The molecule has 0 saturated carbocycles. The fourth-order valence-electron chi connectivity index (χ4n) is 3.27. The van der Waals surface area contributed by atoms with E-state index < -0.39 is 54.5 Å². The van der Waals surface area contributed by atoms with E-state index in [1.54, 1.807) is 41.5 Å². The molecule has 3 unspecified atom stereocenters. The quantitative estimate of drug-likeness (QED) is 0.207. The van der Waals surface area contributed by atoms with Gasteiger partial charge in [-0.3, -0.25) is 4.79 Å². The normalized spacial score (nSPS) is 14.1. The van der Waals surface area contributed by atoms with Crippen molar-refractivity contribution in [2.24, 2.45) is 11.7 Å². The molecule has 0 heterocycles. The van der Waals surface area contributed by atoms with Gasteiger partial charge < -0.3 is 39.3 Å². The first-order valence-electron chi connectivity index (χ1n) is 12.1. The minimum Gasteiger partial charge on any atom is -0.480 e. The van der Waals surface area contributed by atoms with E-state index >= 15 is 0 Å². The van der Waals surface area contributed by atoms with Crippen molar-refractivity contribution in [3.8, 4) is 11.5 Å². The fourth-order valence-corrected chi connectivity index (χ4v) is 3.27. The van der Waals surface area contributed by atoms with Gasteiger partial charge in [0.15, 0.2) is 11.5 Å². The van der Waals surface area contributed by atoms with Gasteiger partial charge in [-0.05, 0) is 51.3 Å². The van der Waals surface area contributed by atoms with Crippen LogP contribution in [0.3, 0.4) is 0 Å². The van der Waals surface area contributed by atoms with Crippen LogP contribution in [0.4, 0.5) is 14.4 Å². The zero-order valence-electron chi connectivity index (χ0n) is 22.1. The largest absolute Gasteiger partial charge is 0.513 e. The van der Waals surface area contributed by atoms with Gasteiger partial charge in [0.05, 0.1) is 19.3 Å². The highest BCUT2D eigenvalue weighted by atomic mass is 16.7. The van der Waals surface area contributed by atoms with Crippen LogP contribution in [-0.4, -0.2) is 61.0 Å². The van der Waals surface area contributed by atoms with Crippen molar-refractivity contribution in [1.82, 2.24) is 0 Å². The number of rotatable bonds is 13. The number of hydrogen-bond donors (Lipinski definition) is 2. The topological polar surface area (TPSA) is 170 Å². The Balaban J connectivity index is 3.38. The summed E-state index contributed by atoms with van der Waals surface area (Å²) in [5, 5.41) is 9.66. The van der Waals surface area contributed by atoms with Crippen LogP contribution in [0.25, 0.3) is 0 Å². The van der Waals surface area contributed by atoms with Crippen molar-refractivity contribution in [1.29, 1.82) is 0 Å².